The maximum absolute atomic E-state index is 13.3. The third-order valence-electron chi connectivity index (χ3n) is 15.7. The molecule has 0 spiro atoms. The van der Waals surface area contributed by atoms with Crippen LogP contribution in [0, 0.1) is 11.3 Å². The van der Waals surface area contributed by atoms with Crippen LogP contribution in [0.1, 0.15) is 330 Å². The fourth-order valence-electron chi connectivity index (χ4n) is 10.3. The first-order valence-electron chi connectivity index (χ1n) is 33.7. The van der Waals surface area contributed by atoms with Gasteiger partial charge in [-0.3, -0.25) is 24.0 Å². The fraction of sp³-hybridized carbons (Fsp3) is 0.925. The second kappa shape index (κ2) is 58.5. The van der Waals surface area contributed by atoms with Crippen molar-refractivity contribution < 1.29 is 52.8 Å². The van der Waals surface area contributed by atoms with E-state index >= 15 is 0 Å². The second-order valence-electron chi connectivity index (χ2n) is 23.6. The number of carbonyl (C=O) groups is 5. The first-order chi connectivity index (χ1) is 38.6. The van der Waals surface area contributed by atoms with Crippen LogP contribution < -0.4 is 0 Å². The summed E-state index contributed by atoms with van der Waals surface area (Å²) < 4.78 is 29.6. The van der Waals surface area contributed by atoms with Gasteiger partial charge >= 0.3 is 29.8 Å². The Kier molecular flexibility index (Phi) is 56.4. The fourth-order valence-corrected chi connectivity index (χ4v) is 10.3. The van der Waals surface area contributed by atoms with E-state index < -0.39 is 5.41 Å². The minimum atomic E-state index is -0.895. The molecule has 0 aliphatic heterocycles. The number of esters is 5. The Balaban J connectivity index is 5.87. The smallest absolute Gasteiger partial charge is 0.305 e. The maximum Gasteiger partial charge on any atom is 0.305 e. The Labute approximate surface area is 486 Å². The predicted octanol–water partition coefficient (Wildman–Crippen LogP) is 17.6. The molecule has 12 nitrogen and oxygen atoms in total. The van der Waals surface area contributed by atoms with E-state index in [1.54, 1.807) is 0 Å². The molecule has 466 valence electrons. The largest absolute Gasteiger partial charge is 0.465 e. The molecule has 0 aromatic heterocycles. The van der Waals surface area contributed by atoms with Crippen LogP contribution in [-0.2, 0) is 47.7 Å². The standard InChI is InChI=1S/C67H127NO11/c1-6-11-16-21-26-31-36-46-62(70)75-56-61(57-76-63(71)47-37-32-27-22-17-12-7-2)45-41-43-52-68(54-55-69)53-44-42-51-67(58-77-64(72)48-38-33-28-23-18-13-8-3,59-78-65(73)49-39-34-29-24-19-14-9-4)60-79-66(74)50-40-35-30-25-20-15-10-5/h61,69H,6-60H2,1-5H3. The molecular formula is C67H127NO11. The number of aliphatic hydroxyl groups is 1. The summed E-state index contributed by atoms with van der Waals surface area (Å²) in [5, 5.41) is 10.1. The number of hydrogen-bond donors (Lipinski definition) is 1. The van der Waals surface area contributed by atoms with Crippen molar-refractivity contribution in [3.8, 4) is 0 Å². The molecule has 0 unspecified atom stereocenters. The molecule has 0 aromatic rings. The van der Waals surface area contributed by atoms with Gasteiger partial charge in [0.25, 0.3) is 0 Å². The van der Waals surface area contributed by atoms with Crippen molar-refractivity contribution in [1.29, 1.82) is 0 Å². The average Bonchev–Trinajstić information content (AvgIpc) is 3.44. The molecule has 0 atom stereocenters. The van der Waals surface area contributed by atoms with Gasteiger partial charge in [0.1, 0.15) is 19.8 Å². The van der Waals surface area contributed by atoms with Gasteiger partial charge in [0.15, 0.2) is 0 Å². The molecule has 0 heterocycles. The van der Waals surface area contributed by atoms with E-state index in [9.17, 15) is 29.1 Å². The van der Waals surface area contributed by atoms with Crippen LogP contribution in [0.25, 0.3) is 0 Å². The Morgan fingerprint density at radius 2 is 0.595 bits per heavy atom. The molecule has 0 saturated heterocycles. The van der Waals surface area contributed by atoms with Crippen LogP contribution in [0.15, 0.2) is 0 Å². The molecule has 0 saturated carbocycles. The van der Waals surface area contributed by atoms with E-state index in [2.05, 4.69) is 39.5 Å². The Bertz CT molecular complexity index is 1280. The zero-order valence-corrected chi connectivity index (χ0v) is 52.4. The minimum absolute atomic E-state index is 0.00213. The normalized spacial score (nSPS) is 11.6. The SMILES string of the molecule is CCCCCCCCCC(=O)OCC(CCCCN(CCO)CCCCC(COC(=O)CCCCCCCCC)(COC(=O)CCCCCCCCC)COC(=O)CCCCCCCCC)COC(=O)CCCCCCCCC. The van der Waals surface area contributed by atoms with Gasteiger partial charge in [-0.15, -0.1) is 0 Å². The van der Waals surface area contributed by atoms with E-state index in [0.717, 1.165) is 135 Å². The number of rotatable bonds is 62. The van der Waals surface area contributed by atoms with Crippen LogP contribution in [0.3, 0.4) is 0 Å². The van der Waals surface area contributed by atoms with Gasteiger partial charge in [0.2, 0.25) is 0 Å². The van der Waals surface area contributed by atoms with Crippen molar-refractivity contribution in [2.45, 2.75) is 330 Å². The molecule has 0 fully saturated rings. The number of ether oxygens (including phenoxy) is 5. The van der Waals surface area contributed by atoms with E-state index in [1.165, 1.54) is 128 Å². The quantitative estimate of drug-likeness (QED) is 0.0350. The van der Waals surface area contributed by atoms with Gasteiger partial charge in [0, 0.05) is 44.6 Å². The van der Waals surface area contributed by atoms with E-state index in [1.807, 2.05) is 0 Å². The van der Waals surface area contributed by atoms with Crippen molar-refractivity contribution in [1.82, 2.24) is 4.90 Å². The summed E-state index contributed by atoms with van der Waals surface area (Å²) in [4.78, 5) is 67.7. The molecule has 12 heteroatoms. The molecule has 0 aliphatic rings. The molecule has 0 radical (unpaired) electrons. The third-order valence-corrected chi connectivity index (χ3v) is 15.7. The van der Waals surface area contributed by atoms with Gasteiger partial charge in [-0.05, 0) is 70.9 Å². The Morgan fingerprint density at radius 3 is 0.886 bits per heavy atom. The zero-order chi connectivity index (χ0) is 58.0. The van der Waals surface area contributed by atoms with E-state index in [-0.39, 0.29) is 75.4 Å². The summed E-state index contributed by atoms with van der Waals surface area (Å²) in [6.45, 7) is 13.6. The summed E-state index contributed by atoms with van der Waals surface area (Å²) >= 11 is 0. The number of hydrogen-bond acceptors (Lipinski definition) is 12. The van der Waals surface area contributed by atoms with Crippen molar-refractivity contribution in [2.24, 2.45) is 11.3 Å². The monoisotopic (exact) mass is 1120 g/mol. The molecule has 0 bridgehead atoms. The van der Waals surface area contributed by atoms with E-state index in [4.69, 9.17) is 23.7 Å². The molecule has 0 aliphatic carbocycles. The highest BCUT2D eigenvalue weighted by Crippen LogP contribution is 2.29. The highest BCUT2D eigenvalue weighted by atomic mass is 16.6. The van der Waals surface area contributed by atoms with Crippen molar-refractivity contribution >= 4 is 29.8 Å². The highest BCUT2D eigenvalue weighted by Gasteiger charge is 2.36. The lowest BCUT2D eigenvalue weighted by Gasteiger charge is -2.33. The molecule has 1 N–H and O–H groups in total. The number of carbonyl (C=O) groups excluding carboxylic acids is 5. The maximum atomic E-state index is 13.3. The lowest BCUT2D eigenvalue weighted by molar-refractivity contribution is -0.163. The molecule has 79 heavy (non-hydrogen) atoms. The molecule has 0 aromatic carbocycles. The van der Waals surface area contributed by atoms with Crippen molar-refractivity contribution in [3.63, 3.8) is 0 Å². The van der Waals surface area contributed by atoms with Gasteiger partial charge in [-0.1, -0.05) is 240 Å². The molecule has 0 rings (SSSR count). The first kappa shape index (κ1) is 76.3. The third kappa shape index (κ3) is 51.9. The summed E-state index contributed by atoms with van der Waals surface area (Å²) in [5.41, 5.74) is -0.895. The zero-order valence-electron chi connectivity index (χ0n) is 52.4. The van der Waals surface area contributed by atoms with Gasteiger partial charge < -0.3 is 33.7 Å². The summed E-state index contributed by atoms with van der Waals surface area (Å²) in [7, 11) is 0. The number of aliphatic hydroxyl groups excluding tert-OH is 1. The van der Waals surface area contributed by atoms with Crippen LogP contribution >= 0.6 is 0 Å². The lowest BCUT2D eigenvalue weighted by atomic mass is 9.84. The average molecular weight is 1120 g/mol. The topological polar surface area (TPSA) is 155 Å². The van der Waals surface area contributed by atoms with Crippen LogP contribution in [0.2, 0.25) is 0 Å². The highest BCUT2D eigenvalue weighted by molar-refractivity contribution is 5.71. The van der Waals surface area contributed by atoms with Crippen LogP contribution in [0.4, 0.5) is 0 Å². The van der Waals surface area contributed by atoms with Crippen molar-refractivity contribution in [3.05, 3.63) is 0 Å². The molecular weight excluding hydrogens is 995 g/mol. The lowest BCUT2D eigenvalue weighted by Crippen LogP contribution is -2.40. The van der Waals surface area contributed by atoms with E-state index in [0.29, 0.717) is 51.5 Å². The van der Waals surface area contributed by atoms with Crippen molar-refractivity contribution in [2.75, 3.05) is 59.3 Å². The summed E-state index contributed by atoms with van der Waals surface area (Å²) in [6.07, 6.45) is 45.1. The van der Waals surface area contributed by atoms with Gasteiger partial charge in [-0.25, -0.2) is 0 Å². The Hall–Kier alpha value is -2.73. The second-order valence-corrected chi connectivity index (χ2v) is 23.6. The van der Waals surface area contributed by atoms with Crippen LogP contribution in [-0.4, -0.2) is 99.1 Å². The molecule has 0 amide bonds. The number of nitrogens with zero attached hydrogens (tertiary/aromatic N) is 1. The van der Waals surface area contributed by atoms with Crippen LogP contribution in [0.5, 0.6) is 0 Å². The summed E-state index contributed by atoms with van der Waals surface area (Å²) in [5.74, 6) is -1.29. The van der Waals surface area contributed by atoms with Gasteiger partial charge in [-0.2, -0.15) is 0 Å². The first-order valence-corrected chi connectivity index (χ1v) is 33.7. The van der Waals surface area contributed by atoms with Gasteiger partial charge in [0.05, 0.1) is 25.2 Å². The minimum Gasteiger partial charge on any atom is -0.465 e. The summed E-state index contributed by atoms with van der Waals surface area (Å²) in [6, 6.07) is 0. The Morgan fingerprint density at radius 1 is 0.329 bits per heavy atom. The predicted molar refractivity (Wildman–Crippen MR) is 325 cm³/mol. The number of unbranched alkanes of at least 4 members (excludes halogenated alkanes) is 32.